The van der Waals surface area contributed by atoms with Crippen LogP contribution in [0.1, 0.15) is 68.7 Å². The SMILES string of the molecule is CCCN(C(=O)OC(C)(C)C)C(C)CNc1nc(SC)nc2c(F)c(-c3c4ccccc4cc(=O)n3C(=O)OC(C)(C)C)nc(OCC)c12. The zero-order valence-corrected chi connectivity index (χ0v) is 30.6. The maximum atomic E-state index is 17.0. The van der Waals surface area contributed by atoms with Gasteiger partial charge in [0.2, 0.25) is 5.88 Å². The standard InChI is InChI=1S/C35H45FN6O6S/c1-11-17-41(32(44)47-34(4,5)6)20(3)19-37-29-24-26(39-31(40-29)49-10)25(36)27(38-30(24)46-12-2)28-22-16-14-13-15-21(22)18-23(43)42(28)33(45)48-35(7,8)9/h13-16,18,20H,11-12,17,19H2,1-10H3,(H,37,39,40). The number of thioether (sulfide) groups is 1. The minimum atomic E-state index is -0.983. The fourth-order valence-corrected chi connectivity index (χ4v) is 5.50. The van der Waals surface area contributed by atoms with Crippen molar-refractivity contribution in [3.8, 4) is 17.3 Å². The van der Waals surface area contributed by atoms with Gasteiger partial charge in [0.1, 0.15) is 33.6 Å². The molecule has 4 rings (SSSR count). The number of nitrogens with zero attached hydrogens (tertiary/aromatic N) is 5. The van der Waals surface area contributed by atoms with E-state index in [9.17, 15) is 14.4 Å². The Labute approximate surface area is 289 Å². The molecule has 0 bridgehead atoms. The number of ether oxygens (including phenoxy) is 3. The molecule has 0 saturated carbocycles. The van der Waals surface area contributed by atoms with Crippen molar-refractivity contribution in [1.29, 1.82) is 0 Å². The molecule has 14 heteroatoms. The number of anilines is 1. The average Bonchev–Trinajstić information content (AvgIpc) is 3.01. The zero-order valence-electron chi connectivity index (χ0n) is 29.8. The van der Waals surface area contributed by atoms with Gasteiger partial charge >= 0.3 is 12.2 Å². The van der Waals surface area contributed by atoms with E-state index in [2.05, 4.69) is 20.3 Å². The Balaban J connectivity index is 1.94. The first-order chi connectivity index (χ1) is 23.0. The van der Waals surface area contributed by atoms with Crippen LogP contribution >= 0.6 is 11.8 Å². The Morgan fingerprint density at radius 2 is 1.71 bits per heavy atom. The summed E-state index contributed by atoms with van der Waals surface area (Å²) >= 11 is 1.20. The summed E-state index contributed by atoms with van der Waals surface area (Å²) in [4.78, 5) is 55.4. The van der Waals surface area contributed by atoms with Crippen LogP contribution in [0.5, 0.6) is 5.88 Å². The zero-order chi connectivity index (χ0) is 36.3. The molecule has 1 unspecified atom stereocenters. The van der Waals surface area contributed by atoms with E-state index in [4.69, 9.17) is 14.2 Å². The second kappa shape index (κ2) is 15.0. The van der Waals surface area contributed by atoms with Crippen molar-refractivity contribution in [2.45, 2.75) is 91.1 Å². The topological polar surface area (TPSA) is 138 Å². The van der Waals surface area contributed by atoms with E-state index in [1.807, 2.05) is 34.6 Å². The number of rotatable bonds is 10. The molecule has 0 aliphatic carbocycles. The van der Waals surface area contributed by atoms with Gasteiger partial charge in [0.05, 0.1) is 12.3 Å². The van der Waals surface area contributed by atoms with Gasteiger partial charge in [0, 0.05) is 30.6 Å². The Hall–Kier alpha value is -4.46. The predicted octanol–water partition coefficient (Wildman–Crippen LogP) is 7.50. The number of halogens is 1. The monoisotopic (exact) mass is 696 g/mol. The average molecular weight is 697 g/mol. The van der Waals surface area contributed by atoms with Crippen molar-refractivity contribution in [1.82, 2.24) is 24.4 Å². The molecule has 0 aliphatic rings. The maximum Gasteiger partial charge on any atom is 0.422 e. The fraction of sp³-hybridized carbons (Fsp3) is 0.486. The highest BCUT2D eigenvalue weighted by Gasteiger charge is 2.30. The van der Waals surface area contributed by atoms with Crippen LogP contribution in [0.4, 0.5) is 19.8 Å². The molecule has 0 aliphatic heterocycles. The largest absolute Gasteiger partial charge is 0.477 e. The molecule has 3 aromatic heterocycles. The Kier molecular flexibility index (Phi) is 11.4. The molecule has 1 amide bonds. The molecule has 0 fully saturated rings. The molecule has 1 N–H and O–H groups in total. The third-order valence-electron chi connectivity index (χ3n) is 7.12. The van der Waals surface area contributed by atoms with E-state index in [1.165, 1.54) is 17.8 Å². The van der Waals surface area contributed by atoms with Gasteiger partial charge in [-0.2, -0.15) is 0 Å². The van der Waals surface area contributed by atoms with Crippen molar-refractivity contribution >= 4 is 51.4 Å². The lowest BCUT2D eigenvalue weighted by atomic mass is 10.1. The molecule has 3 heterocycles. The number of carbonyl (C=O) groups excluding carboxylic acids is 2. The van der Waals surface area contributed by atoms with E-state index in [1.54, 1.807) is 63.1 Å². The predicted molar refractivity (Wildman–Crippen MR) is 190 cm³/mol. The van der Waals surface area contributed by atoms with E-state index in [0.29, 0.717) is 23.7 Å². The highest BCUT2D eigenvalue weighted by molar-refractivity contribution is 7.98. The van der Waals surface area contributed by atoms with Crippen LogP contribution in [0.25, 0.3) is 33.1 Å². The van der Waals surface area contributed by atoms with E-state index in [0.717, 1.165) is 4.57 Å². The number of benzene rings is 1. The second-order valence-electron chi connectivity index (χ2n) is 13.4. The number of pyridine rings is 2. The number of nitrogens with one attached hydrogen (secondary N) is 1. The lowest BCUT2D eigenvalue weighted by Crippen LogP contribution is -2.45. The van der Waals surface area contributed by atoms with Crippen molar-refractivity contribution in [2.75, 3.05) is 31.3 Å². The van der Waals surface area contributed by atoms with Crippen molar-refractivity contribution in [2.24, 2.45) is 0 Å². The number of amides is 1. The van der Waals surface area contributed by atoms with E-state index < -0.39 is 34.8 Å². The first-order valence-electron chi connectivity index (χ1n) is 16.2. The van der Waals surface area contributed by atoms with Gasteiger partial charge < -0.3 is 24.4 Å². The number of aromatic nitrogens is 4. The highest BCUT2D eigenvalue weighted by atomic mass is 32.2. The lowest BCUT2D eigenvalue weighted by molar-refractivity contribution is 0.0186. The number of hydrogen-bond acceptors (Lipinski definition) is 11. The third kappa shape index (κ3) is 8.59. The van der Waals surface area contributed by atoms with Gasteiger partial charge in [-0.1, -0.05) is 43.0 Å². The molecule has 0 radical (unpaired) electrons. The summed E-state index contributed by atoms with van der Waals surface area (Å²) in [7, 11) is 0. The molecule has 49 heavy (non-hydrogen) atoms. The molecule has 0 saturated heterocycles. The van der Waals surface area contributed by atoms with Crippen molar-refractivity contribution in [3.63, 3.8) is 0 Å². The van der Waals surface area contributed by atoms with Crippen LogP contribution in [0.15, 0.2) is 40.3 Å². The van der Waals surface area contributed by atoms with Crippen molar-refractivity contribution < 1.29 is 28.2 Å². The van der Waals surface area contributed by atoms with E-state index >= 15 is 4.39 Å². The molecule has 1 aromatic carbocycles. The summed E-state index contributed by atoms with van der Waals surface area (Å²) in [5, 5.41) is 4.56. The lowest BCUT2D eigenvalue weighted by Gasteiger charge is -2.32. The second-order valence-corrected chi connectivity index (χ2v) is 14.2. The Bertz CT molecular complexity index is 1920. The van der Waals surface area contributed by atoms with Crippen LogP contribution in [0, 0.1) is 5.82 Å². The van der Waals surface area contributed by atoms with Crippen LogP contribution in [0.2, 0.25) is 0 Å². The van der Waals surface area contributed by atoms with Gasteiger partial charge in [-0.25, -0.2) is 33.5 Å². The molecular weight excluding hydrogens is 651 g/mol. The summed E-state index contributed by atoms with van der Waals surface area (Å²) in [5.41, 5.74) is -2.88. The molecule has 4 aromatic rings. The number of carbonyl (C=O) groups is 2. The van der Waals surface area contributed by atoms with Gasteiger partial charge in [0.15, 0.2) is 11.0 Å². The van der Waals surface area contributed by atoms with Crippen LogP contribution in [-0.4, -0.2) is 79.8 Å². The Morgan fingerprint density at radius 3 is 2.33 bits per heavy atom. The summed E-state index contributed by atoms with van der Waals surface area (Å²) in [6.07, 6.45) is 1.04. The summed E-state index contributed by atoms with van der Waals surface area (Å²) in [6, 6.07) is 7.77. The van der Waals surface area contributed by atoms with Crippen LogP contribution < -0.4 is 15.6 Å². The summed E-state index contributed by atoms with van der Waals surface area (Å²) in [6.45, 7) is 16.9. The normalized spacial score (nSPS) is 12.6. The molecule has 12 nitrogen and oxygen atoms in total. The van der Waals surface area contributed by atoms with Gasteiger partial charge in [0.25, 0.3) is 5.56 Å². The minimum Gasteiger partial charge on any atom is -0.477 e. The molecule has 1 atom stereocenters. The van der Waals surface area contributed by atoms with Gasteiger partial charge in [-0.15, -0.1) is 0 Å². The van der Waals surface area contributed by atoms with Crippen molar-refractivity contribution in [3.05, 3.63) is 46.5 Å². The number of fused-ring (bicyclic) bond motifs is 2. The fourth-order valence-electron chi connectivity index (χ4n) is 5.13. The minimum absolute atomic E-state index is 0.00890. The first-order valence-corrected chi connectivity index (χ1v) is 17.4. The van der Waals surface area contributed by atoms with Gasteiger partial charge in [-0.3, -0.25) is 4.79 Å². The quantitative estimate of drug-likeness (QED) is 0.130. The Morgan fingerprint density at radius 1 is 1.04 bits per heavy atom. The highest BCUT2D eigenvalue weighted by Crippen LogP contribution is 2.38. The molecule has 0 spiro atoms. The number of hydrogen-bond donors (Lipinski definition) is 1. The smallest absolute Gasteiger partial charge is 0.422 e. The summed E-state index contributed by atoms with van der Waals surface area (Å²) in [5.74, 6) is -0.655. The maximum absolute atomic E-state index is 17.0. The third-order valence-corrected chi connectivity index (χ3v) is 7.67. The summed E-state index contributed by atoms with van der Waals surface area (Å²) < 4.78 is 35.0. The van der Waals surface area contributed by atoms with Crippen LogP contribution in [0.3, 0.4) is 0 Å². The van der Waals surface area contributed by atoms with E-state index in [-0.39, 0.29) is 58.3 Å². The molecule has 264 valence electrons. The van der Waals surface area contributed by atoms with Gasteiger partial charge in [-0.05, 0) is 73.5 Å². The van der Waals surface area contributed by atoms with Crippen LogP contribution in [-0.2, 0) is 9.47 Å². The first kappa shape index (κ1) is 37.4. The molecular formula is C35H45FN6O6S.